The lowest BCUT2D eigenvalue weighted by atomic mass is 10.1. The fourth-order valence-electron chi connectivity index (χ4n) is 3.21. The van der Waals surface area contributed by atoms with Gasteiger partial charge in [-0.3, -0.25) is 14.9 Å². The first-order valence-electron chi connectivity index (χ1n) is 10.0. The van der Waals surface area contributed by atoms with Crippen LogP contribution < -0.4 is 14.8 Å². The Bertz CT molecular complexity index is 894. The normalized spacial score (nSPS) is 13.8. The summed E-state index contributed by atoms with van der Waals surface area (Å²) in [4.78, 5) is 31.2. The van der Waals surface area contributed by atoms with Crippen LogP contribution in [0.25, 0.3) is 0 Å². The summed E-state index contributed by atoms with van der Waals surface area (Å²) in [6, 6.07) is 4.97. The van der Waals surface area contributed by atoms with E-state index in [0.29, 0.717) is 28.8 Å². The van der Waals surface area contributed by atoms with Crippen LogP contribution in [0.1, 0.15) is 42.2 Å². The van der Waals surface area contributed by atoms with Gasteiger partial charge in [-0.1, -0.05) is 11.3 Å². The molecule has 30 heavy (non-hydrogen) atoms. The van der Waals surface area contributed by atoms with E-state index in [-0.39, 0.29) is 18.4 Å². The lowest BCUT2D eigenvalue weighted by Gasteiger charge is -2.26. The van der Waals surface area contributed by atoms with Crippen LogP contribution in [-0.4, -0.2) is 54.3 Å². The topological polar surface area (TPSA) is 80.8 Å². The molecule has 1 N–H and O–H groups in total. The summed E-state index contributed by atoms with van der Waals surface area (Å²) in [6.45, 7) is 5.73. The number of likely N-dealkylation sites (tertiary alicyclic amines) is 1. The lowest BCUT2D eigenvalue weighted by Crippen LogP contribution is -2.38. The molecule has 0 atom stereocenters. The van der Waals surface area contributed by atoms with E-state index < -0.39 is 0 Å². The molecule has 9 heteroatoms. The molecule has 0 bridgehead atoms. The van der Waals surface area contributed by atoms with Gasteiger partial charge in [0.2, 0.25) is 0 Å². The zero-order valence-corrected chi connectivity index (χ0v) is 19.2. The summed E-state index contributed by atoms with van der Waals surface area (Å²) in [5.74, 6) is 0.598. The molecule has 0 spiro atoms. The summed E-state index contributed by atoms with van der Waals surface area (Å²) in [5.41, 5.74) is 1.34. The maximum Gasteiger partial charge on any atom is 0.260 e. The second-order valence-corrected chi connectivity index (χ2v) is 8.95. The Morgan fingerprint density at radius 1 is 1.20 bits per heavy atom. The van der Waals surface area contributed by atoms with Gasteiger partial charge < -0.3 is 14.4 Å². The fraction of sp³-hybridized carbons (Fsp3) is 0.476. The largest absolute Gasteiger partial charge is 0.490 e. The number of aryl methyl sites for hydroxylation is 1. The summed E-state index contributed by atoms with van der Waals surface area (Å²) in [5, 5.41) is 3.40. The van der Waals surface area contributed by atoms with Gasteiger partial charge in [-0.05, 0) is 57.6 Å². The molecule has 1 aromatic heterocycles. The number of anilines is 1. The number of amides is 2. The van der Waals surface area contributed by atoms with Gasteiger partial charge in [0.05, 0.1) is 16.5 Å². The monoisotopic (exact) mass is 449 g/mol. The fourth-order valence-corrected chi connectivity index (χ4v) is 4.81. The van der Waals surface area contributed by atoms with E-state index in [1.807, 2.05) is 25.0 Å². The summed E-state index contributed by atoms with van der Waals surface area (Å²) in [6.07, 6.45) is 5.23. The number of ether oxygens (including phenoxy) is 2. The number of piperidine rings is 1. The second-order valence-electron chi connectivity index (χ2n) is 6.87. The predicted molar refractivity (Wildman–Crippen MR) is 120 cm³/mol. The van der Waals surface area contributed by atoms with Gasteiger partial charge in [0, 0.05) is 18.7 Å². The minimum absolute atomic E-state index is 0.0253. The first-order chi connectivity index (χ1) is 14.5. The highest BCUT2D eigenvalue weighted by molar-refractivity contribution is 8.00. The number of thioether (sulfide) groups is 1. The third-order valence-electron chi connectivity index (χ3n) is 4.73. The SMILES string of the molecule is CCOc1cc(C(=O)Nc2nc(C)c(SC)s2)ccc1OCC(=O)N1CCCCC1. The Morgan fingerprint density at radius 3 is 2.63 bits per heavy atom. The van der Waals surface area contributed by atoms with Crippen molar-refractivity contribution in [3.63, 3.8) is 0 Å². The zero-order chi connectivity index (χ0) is 21.5. The molecule has 1 fully saturated rings. The van der Waals surface area contributed by atoms with Crippen LogP contribution in [0.15, 0.2) is 22.4 Å². The molecule has 0 radical (unpaired) electrons. The average Bonchev–Trinajstić information content (AvgIpc) is 3.12. The third kappa shape index (κ3) is 5.66. The molecule has 0 aliphatic carbocycles. The number of benzene rings is 1. The molecule has 0 saturated carbocycles. The van der Waals surface area contributed by atoms with Crippen molar-refractivity contribution in [2.75, 3.05) is 37.9 Å². The Balaban J connectivity index is 1.67. The molecular weight excluding hydrogens is 422 g/mol. The number of nitrogens with one attached hydrogen (secondary N) is 1. The van der Waals surface area contributed by atoms with E-state index in [0.717, 1.165) is 35.8 Å². The van der Waals surface area contributed by atoms with E-state index in [1.54, 1.807) is 30.0 Å². The number of hydrogen-bond acceptors (Lipinski definition) is 7. The molecule has 0 unspecified atom stereocenters. The van der Waals surface area contributed by atoms with Gasteiger partial charge in [0.1, 0.15) is 0 Å². The number of carbonyl (C=O) groups is 2. The number of rotatable bonds is 8. The Hall–Kier alpha value is -2.26. The van der Waals surface area contributed by atoms with Crippen molar-refractivity contribution in [3.05, 3.63) is 29.5 Å². The highest BCUT2D eigenvalue weighted by Gasteiger charge is 2.19. The number of carbonyl (C=O) groups excluding carboxylic acids is 2. The summed E-state index contributed by atoms with van der Waals surface area (Å²) < 4.78 is 12.5. The molecule has 1 saturated heterocycles. The van der Waals surface area contributed by atoms with Crippen molar-refractivity contribution >= 4 is 40.0 Å². The van der Waals surface area contributed by atoms with Crippen LogP contribution in [0.5, 0.6) is 11.5 Å². The van der Waals surface area contributed by atoms with Crippen molar-refractivity contribution in [1.82, 2.24) is 9.88 Å². The van der Waals surface area contributed by atoms with Gasteiger partial charge >= 0.3 is 0 Å². The maximum absolute atomic E-state index is 12.7. The lowest BCUT2D eigenvalue weighted by molar-refractivity contribution is -0.134. The number of hydrogen-bond donors (Lipinski definition) is 1. The molecule has 1 aliphatic heterocycles. The van der Waals surface area contributed by atoms with Crippen molar-refractivity contribution in [2.45, 2.75) is 37.3 Å². The molecule has 3 rings (SSSR count). The smallest absolute Gasteiger partial charge is 0.260 e. The highest BCUT2D eigenvalue weighted by atomic mass is 32.2. The van der Waals surface area contributed by atoms with Gasteiger partial charge in [-0.15, -0.1) is 11.8 Å². The number of nitrogens with zero attached hydrogens (tertiary/aromatic N) is 2. The highest BCUT2D eigenvalue weighted by Crippen LogP contribution is 2.32. The molecule has 7 nitrogen and oxygen atoms in total. The van der Waals surface area contributed by atoms with Gasteiger partial charge in [-0.25, -0.2) is 4.98 Å². The Kier molecular flexibility index (Phi) is 7.98. The van der Waals surface area contributed by atoms with Crippen LogP contribution in [0.4, 0.5) is 5.13 Å². The van der Waals surface area contributed by atoms with E-state index in [2.05, 4.69) is 10.3 Å². The van der Waals surface area contributed by atoms with Crippen LogP contribution in [-0.2, 0) is 4.79 Å². The van der Waals surface area contributed by atoms with Gasteiger partial charge in [0.15, 0.2) is 23.2 Å². The van der Waals surface area contributed by atoms with E-state index in [4.69, 9.17) is 9.47 Å². The van der Waals surface area contributed by atoms with Crippen LogP contribution in [0, 0.1) is 6.92 Å². The van der Waals surface area contributed by atoms with E-state index in [1.165, 1.54) is 17.8 Å². The first-order valence-corrected chi connectivity index (χ1v) is 12.1. The first kappa shape index (κ1) is 22.4. The third-order valence-corrected chi connectivity index (χ3v) is 7.01. The minimum Gasteiger partial charge on any atom is -0.490 e. The summed E-state index contributed by atoms with van der Waals surface area (Å²) in [7, 11) is 0. The number of aromatic nitrogens is 1. The zero-order valence-electron chi connectivity index (χ0n) is 17.5. The van der Waals surface area contributed by atoms with Crippen molar-refractivity contribution in [2.24, 2.45) is 0 Å². The van der Waals surface area contributed by atoms with Crippen molar-refractivity contribution in [3.8, 4) is 11.5 Å². The standard InChI is InChI=1S/C21H27N3O4S2/c1-4-27-17-12-15(19(26)23-21-22-14(2)20(29-3)30-21)8-9-16(17)28-13-18(25)24-10-6-5-7-11-24/h8-9,12H,4-7,10-11,13H2,1-3H3,(H,22,23,26). The minimum atomic E-state index is -0.270. The average molecular weight is 450 g/mol. The Labute approximate surface area is 185 Å². The van der Waals surface area contributed by atoms with Crippen LogP contribution in [0.3, 0.4) is 0 Å². The van der Waals surface area contributed by atoms with Crippen molar-refractivity contribution in [1.29, 1.82) is 0 Å². The maximum atomic E-state index is 12.7. The van der Waals surface area contributed by atoms with E-state index in [9.17, 15) is 9.59 Å². The van der Waals surface area contributed by atoms with Crippen LogP contribution >= 0.6 is 23.1 Å². The summed E-state index contributed by atoms with van der Waals surface area (Å²) >= 11 is 3.05. The van der Waals surface area contributed by atoms with Gasteiger partial charge in [-0.2, -0.15) is 0 Å². The molecular formula is C21H27N3O4S2. The molecule has 2 aromatic rings. The predicted octanol–water partition coefficient (Wildman–Crippen LogP) is 4.22. The van der Waals surface area contributed by atoms with Gasteiger partial charge in [0.25, 0.3) is 11.8 Å². The van der Waals surface area contributed by atoms with Crippen molar-refractivity contribution < 1.29 is 19.1 Å². The quantitative estimate of drug-likeness (QED) is 0.608. The van der Waals surface area contributed by atoms with E-state index >= 15 is 0 Å². The second kappa shape index (κ2) is 10.7. The molecule has 1 aromatic carbocycles. The number of thiazole rings is 1. The molecule has 2 heterocycles. The Morgan fingerprint density at radius 2 is 1.97 bits per heavy atom. The molecule has 2 amide bonds. The van der Waals surface area contributed by atoms with Crippen LogP contribution in [0.2, 0.25) is 0 Å². The molecule has 1 aliphatic rings. The molecule has 162 valence electrons.